The van der Waals surface area contributed by atoms with Crippen molar-refractivity contribution in [1.82, 2.24) is 4.98 Å². The molecule has 2 heterocycles. The third-order valence-electron chi connectivity index (χ3n) is 5.44. The topological polar surface area (TPSA) is 76.6 Å². The number of rotatable bonds is 7. The predicted molar refractivity (Wildman–Crippen MR) is 124 cm³/mol. The van der Waals surface area contributed by atoms with Crippen molar-refractivity contribution in [2.24, 2.45) is 0 Å². The molecule has 1 aromatic heterocycles. The number of thiazole rings is 1. The maximum absolute atomic E-state index is 13.2. The van der Waals surface area contributed by atoms with Gasteiger partial charge in [0, 0.05) is 18.1 Å². The van der Waals surface area contributed by atoms with E-state index in [0.717, 1.165) is 40.8 Å². The minimum Gasteiger partial charge on any atom is -0.376 e. The van der Waals surface area contributed by atoms with E-state index in [1.807, 2.05) is 13.0 Å². The van der Waals surface area contributed by atoms with Crippen LogP contribution in [0.2, 0.25) is 5.02 Å². The molecule has 1 fully saturated rings. The van der Waals surface area contributed by atoms with Gasteiger partial charge in [0.2, 0.25) is 5.91 Å². The monoisotopic (exact) mass is 496 g/mol. The van der Waals surface area contributed by atoms with Gasteiger partial charge in [-0.05, 0) is 61.7 Å². The summed E-state index contributed by atoms with van der Waals surface area (Å²) in [5.74, 6) is -1.25. The van der Waals surface area contributed by atoms with Crippen molar-refractivity contribution in [3.63, 3.8) is 0 Å². The van der Waals surface area contributed by atoms with E-state index >= 15 is 0 Å². The van der Waals surface area contributed by atoms with Gasteiger partial charge < -0.3 is 4.74 Å². The Morgan fingerprint density at radius 1 is 1.28 bits per heavy atom. The number of amides is 1. The first-order chi connectivity index (χ1) is 15.2. The lowest BCUT2D eigenvalue weighted by Gasteiger charge is -2.23. The molecule has 2 aromatic carbocycles. The Labute approximate surface area is 194 Å². The molecule has 3 aromatic rings. The average molecular weight is 497 g/mol. The number of aryl methyl sites for hydroxylation is 1. The van der Waals surface area contributed by atoms with Crippen LogP contribution in [-0.2, 0) is 19.4 Å². The van der Waals surface area contributed by atoms with Crippen LogP contribution in [-0.4, -0.2) is 44.3 Å². The lowest BCUT2D eigenvalue weighted by atomic mass is 10.2. The van der Waals surface area contributed by atoms with Crippen molar-refractivity contribution in [1.29, 1.82) is 0 Å². The Hall–Kier alpha value is -2.07. The van der Waals surface area contributed by atoms with Gasteiger partial charge in [-0.25, -0.2) is 17.8 Å². The van der Waals surface area contributed by atoms with Gasteiger partial charge >= 0.3 is 0 Å². The van der Waals surface area contributed by atoms with E-state index in [1.165, 1.54) is 28.4 Å². The van der Waals surface area contributed by atoms with Crippen molar-refractivity contribution < 1.29 is 22.3 Å². The van der Waals surface area contributed by atoms with Crippen LogP contribution in [0.3, 0.4) is 0 Å². The normalized spacial score (nSPS) is 16.5. The zero-order chi connectivity index (χ0) is 22.9. The molecule has 1 unspecified atom stereocenters. The van der Waals surface area contributed by atoms with E-state index in [0.29, 0.717) is 23.3 Å². The highest BCUT2D eigenvalue weighted by molar-refractivity contribution is 7.91. The summed E-state index contributed by atoms with van der Waals surface area (Å²) >= 11 is 7.58. The van der Waals surface area contributed by atoms with E-state index < -0.39 is 15.7 Å². The molecule has 1 saturated heterocycles. The van der Waals surface area contributed by atoms with Gasteiger partial charge in [0.05, 0.1) is 33.5 Å². The molecule has 170 valence electrons. The number of halogens is 2. The number of ether oxygens (including phenoxy) is 1. The summed E-state index contributed by atoms with van der Waals surface area (Å²) in [6.45, 7) is 2.82. The number of fused-ring (bicyclic) bond motifs is 1. The molecular weight excluding hydrogens is 475 g/mol. The predicted octanol–water partition coefficient (Wildman–Crippen LogP) is 4.77. The molecule has 0 N–H and O–H groups in total. The smallest absolute Gasteiger partial charge is 0.229 e. The summed E-state index contributed by atoms with van der Waals surface area (Å²) in [6.07, 6.45) is 1.40. The Morgan fingerprint density at radius 3 is 2.72 bits per heavy atom. The first kappa shape index (κ1) is 23.1. The number of anilines is 1. The molecule has 1 aliphatic rings. The summed E-state index contributed by atoms with van der Waals surface area (Å²) in [6, 6.07) is 8.25. The number of carbonyl (C=O) groups excluding carboxylic acids is 1. The summed E-state index contributed by atoms with van der Waals surface area (Å²) in [7, 11) is -3.73. The van der Waals surface area contributed by atoms with E-state index in [-0.39, 0.29) is 29.1 Å². The Kier molecular flexibility index (Phi) is 6.80. The minimum absolute atomic E-state index is 0.0115. The third-order valence-corrected chi connectivity index (χ3v) is 8.62. The van der Waals surface area contributed by atoms with Crippen LogP contribution in [0.4, 0.5) is 9.52 Å². The van der Waals surface area contributed by atoms with Crippen LogP contribution in [0.15, 0.2) is 41.3 Å². The quantitative estimate of drug-likeness (QED) is 0.440. The maximum atomic E-state index is 13.2. The number of sulfone groups is 1. The number of hydrogen-bond acceptors (Lipinski definition) is 6. The largest absolute Gasteiger partial charge is 0.376 e. The number of carbonyl (C=O) groups is 1. The highest BCUT2D eigenvalue weighted by Gasteiger charge is 2.28. The molecule has 0 spiro atoms. The fourth-order valence-corrected chi connectivity index (χ4v) is 6.03. The second-order valence-corrected chi connectivity index (χ2v) is 11.2. The number of aromatic nitrogens is 1. The van der Waals surface area contributed by atoms with E-state index in [1.54, 1.807) is 6.07 Å². The van der Waals surface area contributed by atoms with Gasteiger partial charge in [-0.15, -0.1) is 0 Å². The fraction of sp³-hybridized carbons (Fsp3) is 0.364. The highest BCUT2D eigenvalue weighted by atomic mass is 35.5. The number of nitrogens with zero attached hydrogens (tertiary/aromatic N) is 2. The molecule has 6 nitrogen and oxygen atoms in total. The van der Waals surface area contributed by atoms with Crippen LogP contribution in [0.25, 0.3) is 10.2 Å². The average Bonchev–Trinajstić information content (AvgIpc) is 3.43. The molecule has 1 amide bonds. The maximum Gasteiger partial charge on any atom is 0.229 e. The lowest BCUT2D eigenvalue weighted by molar-refractivity contribution is -0.118. The first-order valence-electron chi connectivity index (χ1n) is 10.2. The molecule has 0 aliphatic carbocycles. The Bertz CT molecular complexity index is 1240. The van der Waals surface area contributed by atoms with Crippen molar-refractivity contribution in [2.45, 2.75) is 37.2 Å². The molecule has 4 rings (SSSR count). The summed E-state index contributed by atoms with van der Waals surface area (Å²) < 4.78 is 45.0. The van der Waals surface area contributed by atoms with Gasteiger partial charge in [0.15, 0.2) is 15.0 Å². The van der Waals surface area contributed by atoms with E-state index in [9.17, 15) is 17.6 Å². The first-order valence-corrected chi connectivity index (χ1v) is 13.1. The van der Waals surface area contributed by atoms with Gasteiger partial charge in [-0.2, -0.15) is 0 Å². The molecule has 32 heavy (non-hydrogen) atoms. The lowest BCUT2D eigenvalue weighted by Crippen LogP contribution is -2.38. The van der Waals surface area contributed by atoms with Crippen LogP contribution in [0.1, 0.15) is 24.8 Å². The fourth-order valence-electron chi connectivity index (χ4n) is 3.60. The van der Waals surface area contributed by atoms with Crippen molar-refractivity contribution >= 4 is 54.0 Å². The molecule has 0 bridgehead atoms. The van der Waals surface area contributed by atoms with Crippen molar-refractivity contribution in [3.05, 3.63) is 52.8 Å². The number of hydrogen-bond donors (Lipinski definition) is 0. The zero-order valence-electron chi connectivity index (χ0n) is 17.4. The van der Waals surface area contributed by atoms with E-state index in [2.05, 4.69) is 4.98 Å². The Balaban J connectivity index is 1.58. The highest BCUT2D eigenvalue weighted by Crippen LogP contribution is 2.34. The van der Waals surface area contributed by atoms with Crippen LogP contribution < -0.4 is 4.90 Å². The summed E-state index contributed by atoms with van der Waals surface area (Å²) in [5.41, 5.74) is 1.55. The van der Waals surface area contributed by atoms with Crippen LogP contribution in [0, 0.1) is 12.7 Å². The van der Waals surface area contributed by atoms with Crippen LogP contribution in [0.5, 0.6) is 0 Å². The molecule has 0 saturated carbocycles. The van der Waals surface area contributed by atoms with Gasteiger partial charge in [0.25, 0.3) is 0 Å². The second kappa shape index (κ2) is 9.43. The van der Waals surface area contributed by atoms with Crippen molar-refractivity contribution in [3.8, 4) is 0 Å². The SMILES string of the molecule is Cc1c(Cl)ccc2sc(N(CC3CCCO3)C(=O)CCS(=O)(=O)c3ccc(F)cc3)nc12. The molecule has 1 atom stereocenters. The van der Waals surface area contributed by atoms with Crippen molar-refractivity contribution in [2.75, 3.05) is 23.8 Å². The zero-order valence-corrected chi connectivity index (χ0v) is 19.8. The minimum atomic E-state index is -3.73. The van der Waals surface area contributed by atoms with Gasteiger partial charge in [-0.1, -0.05) is 22.9 Å². The third kappa shape index (κ3) is 4.96. The standard InChI is InChI=1S/C22H22ClFN2O4S2/c1-14-18(23)8-9-19-21(14)25-22(31-19)26(13-16-3-2-11-30-16)20(27)10-12-32(28,29)17-6-4-15(24)5-7-17/h4-9,16H,2-3,10-13H2,1H3. The van der Waals surface area contributed by atoms with Gasteiger partial charge in [0.1, 0.15) is 5.82 Å². The Morgan fingerprint density at radius 2 is 2.03 bits per heavy atom. The molecule has 0 radical (unpaired) electrons. The molecule has 1 aliphatic heterocycles. The van der Waals surface area contributed by atoms with Crippen LogP contribution >= 0.6 is 22.9 Å². The summed E-state index contributed by atoms with van der Waals surface area (Å²) in [4.78, 5) is 19.3. The number of benzene rings is 2. The van der Waals surface area contributed by atoms with E-state index in [4.69, 9.17) is 16.3 Å². The molecule has 10 heteroatoms. The van der Waals surface area contributed by atoms with Gasteiger partial charge in [-0.3, -0.25) is 9.69 Å². The molecular formula is C22H22ClFN2O4S2. The second-order valence-electron chi connectivity index (χ2n) is 7.68. The summed E-state index contributed by atoms with van der Waals surface area (Å²) in [5, 5.41) is 1.08.